The molecule has 0 saturated heterocycles. The van der Waals surface area contributed by atoms with Crippen molar-refractivity contribution in [1.29, 1.82) is 0 Å². The van der Waals surface area contributed by atoms with Crippen LogP contribution in [-0.4, -0.2) is 18.0 Å². The van der Waals surface area contributed by atoms with Gasteiger partial charge in [0.15, 0.2) is 0 Å². The predicted molar refractivity (Wildman–Crippen MR) is 78.4 cm³/mol. The maximum Gasteiger partial charge on any atom is 0.238 e. The van der Waals surface area contributed by atoms with Gasteiger partial charge < -0.3 is 5.73 Å². The molecule has 4 heteroatoms. The van der Waals surface area contributed by atoms with Crippen LogP contribution in [0, 0.1) is 6.92 Å². The lowest BCUT2D eigenvalue weighted by Gasteiger charge is -2.22. The van der Waals surface area contributed by atoms with E-state index >= 15 is 0 Å². The van der Waals surface area contributed by atoms with E-state index in [4.69, 9.17) is 11.6 Å². The van der Waals surface area contributed by atoms with Gasteiger partial charge in [0.25, 0.3) is 0 Å². The van der Waals surface area contributed by atoms with Gasteiger partial charge in [0.2, 0.25) is 5.91 Å². The normalized spacial score (nSPS) is 13.2. The van der Waals surface area contributed by atoms with Crippen LogP contribution in [0.5, 0.6) is 0 Å². The molecule has 0 aliphatic carbocycles. The molecule has 1 aromatic carbocycles. The number of nitrogens with two attached hydrogens (primary N) is 2. The molecule has 4 N–H and O–H groups in total. The van der Waals surface area contributed by atoms with Gasteiger partial charge in [-0.15, -0.1) is 0 Å². The molecule has 1 aromatic rings. The van der Waals surface area contributed by atoms with Crippen LogP contribution < -0.4 is 11.6 Å². The average molecular weight is 263 g/mol. The largest absolute Gasteiger partial charge is 0.324 e. The molecule has 1 rings (SSSR count). The Bertz CT molecular complexity index is 461. The van der Waals surface area contributed by atoms with Crippen LogP contribution in [0.2, 0.25) is 0 Å². The van der Waals surface area contributed by atoms with Gasteiger partial charge >= 0.3 is 0 Å². The summed E-state index contributed by atoms with van der Waals surface area (Å²) >= 11 is 0. The Kier molecular flexibility index (Phi) is 4.71. The third-order valence-corrected chi connectivity index (χ3v) is 3.32. The molecule has 0 radical (unpaired) electrons. The second-order valence-corrected chi connectivity index (χ2v) is 6.14. The molecule has 0 bridgehead atoms. The van der Waals surface area contributed by atoms with E-state index < -0.39 is 0 Å². The molecule has 0 saturated carbocycles. The van der Waals surface area contributed by atoms with E-state index in [9.17, 15) is 4.79 Å². The summed E-state index contributed by atoms with van der Waals surface area (Å²) in [6, 6.07) is 5.93. The molecular formula is C15H25N3O. The standard InChI is InChI=1S/C15H25N3O/c1-10-8-11(15(2,3)4)6-7-12(10)13(16)9-14(19)18(5)17/h6-8,13H,9,16-17H2,1-5H3. The summed E-state index contributed by atoms with van der Waals surface area (Å²) in [6.45, 7) is 8.55. The Labute approximate surface area is 115 Å². The predicted octanol–water partition coefficient (Wildman–Crippen LogP) is 2.01. The molecule has 0 fully saturated rings. The van der Waals surface area contributed by atoms with Crippen LogP contribution >= 0.6 is 0 Å². The molecule has 0 aliphatic heterocycles. The first-order valence-electron chi connectivity index (χ1n) is 6.50. The van der Waals surface area contributed by atoms with Gasteiger partial charge in [0.05, 0.1) is 0 Å². The fraction of sp³-hybridized carbons (Fsp3) is 0.533. The minimum Gasteiger partial charge on any atom is -0.324 e. The van der Waals surface area contributed by atoms with Crippen LogP contribution in [0.3, 0.4) is 0 Å². The molecule has 0 heterocycles. The van der Waals surface area contributed by atoms with Gasteiger partial charge in [-0.05, 0) is 29.0 Å². The Morgan fingerprint density at radius 2 is 1.95 bits per heavy atom. The smallest absolute Gasteiger partial charge is 0.238 e. The lowest BCUT2D eigenvalue weighted by molar-refractivity contribution is -0.130. The number of benzene rings is 1. The maximum atomic E-state index is 11.6. The van der Waals surface area contributed by atoms with Crippen LogP contribution in [0.1, 0.15) is 49.9 Å². The van der Waals surface area contributed by atoms with E-state index in [-0.39, 0.29) is 23.8 Å². The average Bonchev–Trinajstić information content (AvgIpc) is 2.27. The van der Waals surface area contributed by atoms with E-state index in [0.717, 1.165) is 16.1 Å². The molecule has 4 nitrogen and oxygen atoms in total. The molecule has 1 unspecified atom stereocenters. The van der Waals surface area contributed by atoms with Crippen molar-refractivity contribution in [3.8, 4) is 0 Å². The first kappa shape index (κ1) is 15.7. The van der Waals surface area contributed by atoms with E-state index in [1.807, 2.05) is 13.0 Å². The van der Waals surface area contributed by atoms with Crippen molar-refractivity contribution in [2.24, 2.45) is 11.6 Å². The molecular weight excluding hydrogens is 238 g/mol. The number of aryl methyl sites for hydroxylation is 1. The quantitative estimate of drug-likeness (QED) is 0.498. The lowest BCUT2D eigenvalue weighted by Crippen LogP contribution is -2.35. The molecule has 106 valence electrons. The monoisotopic (exact) mass is 263 g/mol. The van der Waals surface area contributed by atoms with E-state index in [1.54, 1.807) is 0 Å². The van der Waals surface area contributed by atoms with E-state index in [0.29, 0.717) is 0 Å². The van der Waals surface area contributed by atoms with Crippen molar-refractivity contribution >= 4 is 5.91 Å². The van der Waals surface area contributed by atoms with Crippen molar-refractivity contribution < 1.29 is 4.79 Å². The molecule has 0 aliphatic rings. The summed E-state index contributed by atoms with van der Waals surface area (Å²) < 4.78 is 0. The van der Waals surface area contributed by atoms with Gasteiger partial charge in [-0.1, -0.05) is 39.0 Å². The number of carbonyl (C=O) groups is 1. The van der Waals surface area contributed by atoms with Crippen LogP contribution in [0.4, 0.5) is 0 Å². The number of hydrogen-bond acceptors (Lipinski definition) is 3. The van der Waals surface area contributed by atoms with Crippen molar-refractivity contribution in [3.05, 3.63) is 34.9 Å². The highest BCUT2D eigenvalue weighted by Crippen LogP contribution is 2.27. The Morgan fingerprint density at radius 3 is 2.37 bits per heavy atom. The zero-order valence-corrected chi connectivity index (χ0v) is 12.5. The molecule has 1 amide bonds. The highest BCUT2D eigenvalue weighted by atomic mass is 16.2. The van der Waals surface area contributed by atoms with Gasteiger partial charge in [-0.25, -0.2) is 5.84 Å². The maximum absolute atomic E-state index is 11.6. The highest BCUT2D eigenvalue weighted by molar-refractivity contribution is 5.76. The third-order valence-electron chi connectivity index (χ3n) is 3.32. The highest BCUT2D eigenvalue weighted by Gasteiger charge is 2.18. The van der Waals surface area contributed by atoms with Crippen LogP contribution in [0.25, 0.3) is 0 Å². The topological polar surface area (TPSA) is 72.4 Å². The van der Waals surface area contributed by atoms with E-state index in [2.05, 4.69) is 32.9 Å². The van der Waals surface area contributed by atoms with E-state index in [1.165, 1.54) is 12.6 Å². The first-order valence-corrected chi connectivity index (χ1v) is 6.50. The number of hydrogen-bond donors (Lipinski definition) is 2. The Balaban J connectivity index is 2.94. The van der Waals surface area contributed by atoms with Gasteiger partial charge in [-0.2, -0.15) is 0 Å². The van der Waals surface area contributed by atoms with Crippen molar-refractivity contribution in [3.63, 3.8) is 0 Å². The van der Waals surface area contributed by atoms with Gasteiger partial charge in [0.1, 0.15) is 0 Å². The minimum atomic E-state index is -0.312. The summed E-state index contributed by atoms with van der Waals surface area (Å²) in [6.07, 6.45) is 0.225. The SMILES string of the molecule is Cc1cc(C(C)(C)C)ccc1C(N)CC(=O)N(C)N. The summed E-state index contributed by atoms with van der Waals surface area (Å²) in [5.74, 6) is 5.25. The Hall–Kier alpha value is -1.39. The fourth-order valence-corrected chi connectivity index (χ4v) is 2.00. The summed E-state index contributed by atoms with van der Waals surface area (Å²) in [5.41, 5.74) is 9.59. The van der Waals surface area contributed by atoms with Crippen molar-refractivity contribution in [1.82, 2.24) is 5.01 Å². The minimum absolute atomic E-state index is 0.112. The number of carbonyl (C=O) groups excluding carboxylic acids is 1. The van der Waals surface area contributed by atoms with Gasteiger partial charge in [-0.3, -0.25) is 9.80 Å². The summed E-state index contributed by atoms with van der Waals surface area (Å²) in [7, 11) is 1.53. The fourth-order valence-electron chi connectivity index (χ4n) is 2.00. The van der Waals surface area contributed by atoms with Crippen molar-refractivity contribution in [2.75, 3.05) is 7.05 Å². The summed E-state index contributed by atoms with van der Waals surface area (Å²) in [4.78, 5) is 11.6. The second-order valence-electron chi connectivity index (χ2n) is 6.14. The second kappa shape index (κ2) is 5.72. The number of amides is 1. The van der Waals surface area contributed by atoms with Gasteiger partial charge in [0, 0.05) is 19.5 Å². The molecule has 0 spiro atoms. The van der Waals surface area contributed by atoms with Crippen molar-refractivity contribution in [2.45, 2.75) is 45.6 Å². The lowest BCUT2D eigenvalue weighted by atomic mass is 9.84. The van der Waals surface area contributed by atoms with Crippen LogP contribution in [0.15, 0.2) is 18.2 Å². The number of hydrazine groups is 1. The zero-order valence-electron chi connectivity index (χ0n) is 12.5. The number of rotatable bonds is 3. The molecule has 19 heavy (non-hydrogen) atoms. The first-order chi connectivity index (χ1) is 8.62. The van der Waals surface area contributed by atoms with Crippen LogP contribution in [-0.2, 0) is 10.2 Å². The summed E-state index contributed by atoms with van der Waals surface area (Å²) in [5, 5.41) is 1.08. The zero-order chi connectivity index (χ0) is 14.8. The third kappa shape index (κ3) is 4.04. The number of nitrogens with zero attached hydrogens (tertiary/aromatic N) is 1. The molecule has 1 atom stereocenters. The Morgan fingerprint density at radius 1 is 1.37 bits per heavy atom. The molecule has 0 aromatic heterocycles.